The highest BCUT2D eigenvalue weighted by atomic mass is 35.5. The lowest BCUT2D eigenvalue weighted by Crippen LogP contribution is -2.55. The normalized spacial score (nSPS) is 19.9. The van der Waals surface area contributed by atoms with Gasteiger partial charge in [0.2, 0.25) is 0 Å². The van der Waals surface area contributed by atoms with E-state index in [0.29, 0.717) is 0 Å². The third-order valence-electron chi connectivity index (χ3n) is 4.96. The molecule has 0 spiro atoms. The minimum absolute atomic E-state index is 0.130. The molecule has 1 aliphatic rings. The zero-order valence-electron chi connectivity index (χ0n) is 13.8. The van der Waals surface area contributed by atoms with Crippen LogP contribution in [0.5, 0.6) is 0 Å². The van der Waals surface area contributed by atoms with Crippen LogP contribution in [0.1, 0.15) is 57.2 Å². The molecule has 4 nitrogen and oxygen atoms in total. The molecule has 1 heterocycles. The van der Waals surface area contributed by atoms with Crippen molar-refractivity contribution in [2.75, 3.05) is 20.6 Å². The van der Waals surface area contributed by atoms with E-state index in [1.54, 1.807) is 6.20 Å². The minimum Gasteiger partial charge on any atom is -0.307 e. The van der Waals surface area contributed by atoms with Gasteiger partial charge in [0.15, 0.2) is 0 Å². The van der Waals surface area contributed by atoms with E-state index in [0.717, 1.165) is 23.7 Å². The maximum Gasteiger partial charge on any atom is 0.0834 e. The molecule has 1 N–H and O–H groups in total. The Bertz CT molecular complexity index is 430. The predicted molar refractivity (Wildman–Crippen MR) is 88.8 cm³/mol. The summed E-state index contributed by atoms with van der Waals surface area (Å²) in [7, 11) is 6.40. The zero-order chi connectivity index (χ0) is 15.5. The summed E-state index contributed by atoms with van der Waals surface area (Å²) >= 11 is 6.46. The number of likely N-dealkylation sites (N-methyl/N-ethyl adjacent to an activating group) is 1. The molecule has 1 atom stereocenters. The van der Waals surface area contributed by atoms with E-state index in [-0.39, 0.29) is 11.6 Å². The predicted octanol–water partition coefficient (Wildman–Crippen LogP) is 3.38. The quantitative estimate of drug-likeness (QED) is 0.874. The van der Waals surface area contributed by atoms with Gasteiger partial charge in [0.05, 0.1) is 23.0 Å². The van der Waals surface area contributed by atoms with Crippen LogP contribution in [0.2, 0.25) is 5.02 Å². The van der Waals surface area contributed by atoms with Crippen molar-refractivity contribution in [3.8, 4) is 0 Å². The highest BCUT2D eigenvalue weighted by molar-refractivity contribution is 6.31. The van der Waals surface area contributed by atoms with Crippen molar-refractivity contribution >= 4 is 11.6 Å². The number of aromatic nitrogens is 2. The van der Waals surface area contributed by atoms with Gasteiger partial charge in [0.25, 0.3) is 0 Å². The molecule has 0 aliphatic heterocycles. The molecule has 0 saturated heterocycles. The molecular weight excluding hydrogens is 284 g/mol. The summed E-state index contributed by atoms with van der Waals surface area (Å²) in [5.41, 5.74) is 1.26. The Hall–Kier alpha value is -0.580. The van der Waals surface area contributed by atoms with E-state index in [9.17, 15) is 0 Å². The van der Waals surface area contributed by atoms with Gasteiger partial charge in [-0.3, -0.25) is 4.68 Å². The lowest BCUT2D eigenvalue weighted by molar-refractivity contribution is 0.0534. The van der Waals surface area contributed by atoms with Crippen molar-refractivity contribution in [1.29, 1.82) is 0 Å². The summed E-state index contributed by atoms with van der Waals surface area (Å²) in [4.78, 5) is 2.41. The Balaban J connectivity index is 2.42. The first kappa shape index (κ1) is 16.8. The Labute approximate surface area is 133 Å². The van der Waals surface area contributed by atoms with Gasteiger partial charge in [-0.25, -0.2) is 0 Å². The molecule has 0 amide bonds. The fourth-order valence-electron chi connectivity index (χ4n) is 3.73. The number of hydrogen-bond acceptors (Lipinski definition) is 3. The molecule has 5 heteroatoms. The first-order chi connectivity index (χ1) is 10.0. The van der Waals surface area contributed by atoms with Crippen LogP contribution in [-0.2, 0) is 7.05 Å². The van der Waals surface area contributed by atoms with Gasteiger partial charge in [-0.15, -0.1) is 0 Å². The molecular formula is C16H29ClN4. The van der Waals surface area contributed by atoms with Crippen LogP contribution in [-0.4, -0.2) is 40.9 Å². The molecule has 1 saturated carbocycles. The fraction of sp³-hybridized carbons (Fsp3) is 0.812. The van der Waals surface area contributed by atoms with Crippen LogP contribution in [0.25, 0.3) is 0 Å². The van der Waals surface area contributed by atoms with Gasteiger partial charge in [-0.2, -0.15) is 5.10 Å². The van der Waals surface area contributed by atoms with Crippen LogP contribution < -0.4 is 5.32 Å². The van der Waals surface area contributed by atoms with E-state index < -0.39 is 0 Å². The number of nitrogens with zero attached hydrogens (tertiary/aromatic N) is 3. The lowest BCUT2D eigenvalue weighted by atomic mass is 9.74. The Morgan fingerprint density at radius 3 is 2.52 bits per heavy atom. The molecule has 1 aliphatic carbocycles. The second kappa shape index (κ2) is 7.12. The van der Waals surface area contributed by atoms with Crippen molar-refractivity contribution in [3.63, 3.8) is 0 Å². The summed E-state index contributed by atoms with van der Waals surface area (Å²) in [5.74, 6) is 0. The Morgan fingerprint density at radius 1 is 1.38 bits per heavy atom. The largest absolute Gasteiger partial charge is 0.307 e. The van der Waals surface area contributed by atoms with Crippen molar-refractivity contribution in [1.82, 2.24) is 20.0 Å². The summed E-state index contributed by atoms with van der Waals surface area (Å²) in [6.07, 6.45) is 9.23. The third kappa shape index (κ3) is 3.27. The molecule has 1 aromatic rings. The number of rotatable bonds is 6. The Morgan fingerprint density at radius 2 is 2.05 bits per heavy atom. The van der Waals surface area contributed by atoms with Gasteiger partial charge >= 0.3 is 0 Å². The molecule has 0 radical (unpaired) electrons. The summed E-state index contributed by atoms with van der Waals surface area (Å²) < 4.78 is 1.94. The number of hydrogen-bond donors (Lipinski definition) is 1. The molecule has 1 unspecified atom stereocenters. The fourth-order valence-corrected chi connectivity index (χ4v) is 4.01. The van der Waals surface area contributed by atoms with Gasteiger partial charge < -0.3 is 10.2 Å². The number of aryl methyl sites for hydroxylation is 1. The summed E-state index contributed by atoms with van der Waals surface area (Å²) in [6.45, 7) is 3.21. The smallest absolute Gasteiger partial charge is 0.0834 e. The molecule has 1 fully saturated rings. The SMILES string of the molecule is CCCNC(c1c(Cl)cnn1C)C1(N(C)C)CCCCC1. The van der Waals surface area contributed by atoms with E-state index in [2.05, 4.69) is 36.3 Å². The van der Waals surface area contributed by atoms with Crippen LogP contribution in [0.4, 0.5) is 0 Å². The highest BCUT2D eigenvalue weighted by Gasteiger charge is 2.44. The molecule has 2 rings (SSSR count). The van der Waals surface area contributed by atoms with E-state index in [1.165, 1.54) is 32.1 Å². The average molecular weight is 313 g/mol. The molecule has 21 heavy (non-hydrogen) atoms. The number of nitrogens with one attached hydrogen (secondary N) is 1. The lowest BCUT2D eigenvalue weighted by Gasteiger charge is -2.49. The minimum atomic E-state index is 0.130. The van der Waals surface area contributed by atoms with Gasteiger partial charge in [0.1, 0.15) is 0 Å². The van der Waals surface area contributed by atoms with Crippen molar-refractivity contribution in [2.45, 2.75) is 57.0 Å². The van der Waals surface area contributed by atoms with Crippen molar-refractivity contribution in [2.24, 2.45) is 7.05 Å². The molecule has 0 bridgehead atoms. The Kier molecular flexibility index (Phi) is 5.69. The van der Waals surface area contributed by atoms with Gasteiger partial charge in [0, 0.05) is 12.6 Å². The summed E-state index contributed by atoms with van der Waals surface area (Å²) in [5, 5.41) is 8.89. The van der Waals surface area contributed by atoms with Crippen LogP contribution in [0.15, 0.2) is 6.20 Å². The topological polar surface area (TPSA) is 33.1 Å². The van der Waals surface area contributed by atoms with E-state index in [4.69, 9.17) is 11.6 Å². The van der Waals surface area contributed by atoms with Crippen LogP contribution in [0.3, 0.4) is 0 Å². The second-order valence-electron chi connectivity index (χ2n) is 6.45. The maximum atomic E-state index is 6.46. The molecule has 1 aromatic heterocycles. The maximum absolute atomic E-state index is 6.46. The number of halogens is 1. The van der Waals surface area contributed by atoms with E-state index >= 15 is 0 Å². The third-order valence-corrected chi connectivity index (χ3v) is 5.25. The molecule has 120 valence electrons. The van der Waals surface area contributed by atoms with Crippen molar-refractivity contribution < 1.29 is 0 Å². The van der Waals surface area contributed by atoms with E-state index in [1.807, 2.05) is 11.7 Å². The highest BCUT2D eigenvalue weighted by Crippen LogP contribution is 2.43. The molecule has 0 aromatic carbocycles. The summed E-state index contributed by atoms with van der Waals surface area (Å²) in [6, 6.07) is 0.229. The first-order valence-corrected chi connectivity index (χ1v) is 8.49. The van der Waals surface area contributed by atoms with Gasteiger partial charge in [-0.05, 0) is 39.9 Å². The average Bonchev–Trinajstić information content (AvgIpc) is 2.80. The van der Waals surface area contributed by atoms with Crippen molar-refractivity contribution in [3.05, 3.63) is 16.9 Å². The second-order valence-corrected chi connectivity index (χ2v) is 6.85. The van der Waals surface area contributed by atoms with Crippen LogP contribution >= 0.6 is 11.6 Å². The first-order valence-electron chi connectivity index (χ1n) is 8.11. The monoisotopic (exact) mass is 312 g/mol. The van der Waals surface area contributed by atoms with Crippen LogP contribution in [0, 0.1) is 0 Å². The van der Waals surface area contributed by atoms with Gasteiger partial charge in [-0.1, -0.05) is 37.8 Å². The zero-order valence-corrected chi connectivity index (χ0v) is 14.6. The standard InChI is InChI=1S/C16H29ClN4/c1-5-11-18-15(14-13(17)12-19-21(14)4)16(20(2)3)9-7-6-8-10-16/h12,15,18H,5-11H2,1-4H3.